The summed E-state index contributed by atoms with van der Waals surface area (Å²) in [7, 11) is 0. The van der Waals surface area contributed by atoms with Crippen molar-refractivity contribution in [1.29, 1.82) is 0 Å². The van der Waals surface area contributed by atoms with Crippen molar-refractivity contribution in [1.82, 2.24) is 10.2 Å². The molecule has 4 rings (SSSR count). The summed E-state index contributed by atoms with van der Waals surface area (Å²) in [5.41, 5.74) is 0.748. The summed E-state index contributed by atoms with van der Waals surface area (Å²) >= 11 is 0. The first-order valence-electron chi connectivity index (χ1n) is 6.70. The van der Waals surface area contributed by atoms with Crippen molar-refractivity contribution in [3.63, 3.8) is 0 Å². The number of aromatic nitrogens is 2. The molecule has 1 aromatic heterocycles. The second kappa shape index (κ2) is 4.02. The highest BCUT2D eigenvalue weighted by atomic mass is 19.1. The van der Waals surface area contributed by atoms with Gasteiger partial charge < -0.3 is 10.1 Å². The minimum Gasteiger partial charge on any atom is -0.381 e. The number of benzene rings is 1. The van der Waals surface area contributed by atoms with E-state index in [1.54, 1.807) is 6.07 Å². The van der Waals surface area contributed by atoms with Crippen LogP contribution in [0, 0.1) is 17.2 Å². The Balaban J connectivity index is 1.56. The summed E-state index contributed by atoms with van der Waals surface area (Å²) in [6.45, 7) is 1.40. The summed E-state index contributed by atoms with van der Waals surface area (Å²) in [6.07, 6.45) is 1.82. The van der Waals surface area contributed by atoms with E-state index in [1.807, 2.05) is 0 Å². The van der Waals surface area contributed by atoms with E-state index in [0.717, 1.165) is 19.4 Å². The molecule has 2 aromatic rings. The van der Waals surface area contributed by atoms with Crippen LogP contribution in [0.15, 0.2) is 18.2 Å². The molecule has 104 valence electrons. The van der Waals surface area contributed by atoms with Crippen LogP contribution in [0.1, 0.15) is 12.8 Å². The van der Waals surface area contributed by atoms with Crippen LogP contribution in [0.2, 0.25) is 0 Å². The molecule has 6 heteroatoms. The minimum atomic E-state index is -0.346. The SMILES string of the molecule is O=C(Nc1n[nH]c2ccc(F)cc12)C1CC12CCOC2. The Labute approximate surface area is 114 Å². The lowest BCUT2D eigenvalue weighted by molar-refractivity contribution is -0.118. The van der Waals surface area contributed by atoms with Crippen molar-refractivity contribution in [2.75, 3.05) is 18.5 Å². The van der Waals surface area contributed by atoms with Crippen molar-refractivity contribution >= 4 is 22.6 Å². The highest BCUT2D eigenvalue weighted by molar-refractivity contribution is 6.01. The summed E-state index contributed by atoms with van der Waals surface area (Å²) in [5.74, 6) is -0.00887. The van der Waals surface area contributed by atoms with Crippen LogP contribution < -0.4 is 5.32 Å². The van der Waals surface area contributed by atoms with Gasteiger partial charge in [-0.1, -0.05) is 0 Å². The fourth-order valence-corrected chi connectivity index (χ4v) is 3.06. The summed E-state index contributed by atoms with van der Waals surface area (Å²) in [5, 5.41) is 10.2. The molecule has 5 nitrogen and oxygen atoms in total. The van der Waals surface area contributed by atoms with E-state index < -0.39 is 0 Å². The smallest absolute Gasteiger partial charge is 0.229 e. The van der Waals surface area contributed by atoms with Gasteiger partial charge in [0.2, 0.25) is 5.91 Å². The largest absolute Gasteiger partial charge is 0.381 e. The van der Waals surface area contributed by atoms with Gasteiger partial charge in [-0.15, -0.1) is 0 Å². The Bertz CT molecular complexity index is 691. The van der Waals surface area contributed by atoms with E-state index in [9.17, 15) is 9.18 Å². The first-order valence-corrected chi connectivity index (χ1v) is 6.70. The lowest BCUT2D eigenvalue weighted by Crippen LogP contribution is -2.19. The monoisotopic (exact) mass is 275 g/mol. The highest BCUT2D eigenvalue weighted by Gasteiger charge is 2.59. The predicted molar refractivity (Wildman–Crippen MR) is 70.7 cm³/mol. The number of carbonyl (C=O) groups excluding carboxylic acids is 1. The molecule has 2 fully saturated rings. The third-order valence-corrected chi connectivity index (χ3v) is 4.41. The van der Waals surface area contributed by atoms with E-state index in [-0.39, 0.29) is 23.1 Å². The molecular weight excluding hydrogens is 261 g/mol. The van der Waals surface area contributed by atoms with Crippen LogP contribution in [0.5, 0.6) is 0 Å². The Morgan fingerprint density at radius 1 is 1.55 bits per heavy atom. The molecular formula is C14H14FN3O2. The zero-order valence-corrected chi connectivity index (χ0v) is 10.8. The molecule has 1 aromatic carbocycles. The number of anilines is 1. The zero-order chi connectivity index (χ0) is 13.7. The second-order valence-corrected chi connectivity index (χ2v) is 5.67. The second-order valence-electron chi connectivity index (χ2n) is 5.67. The molecule has 1 saturated carbocycles. The minimum absolute atomic E-state index is 0.00897. The molecule has 0 radical (unpaired) electrons. The average molecular weight is 275 g/mol. The molecule has 1 saturated heterocycles. The Hall–Kier alpha value is -1.95. The van der Waals surface area contributed by atoms with Crippen molar-refractivity contribution in [2.45, 2.75) is 12.8 Å². The maximum atomic E-state index is 13.3. The Kier molecular flexibility index (Phi) is 2.38. The summed E-state index contributed by atoms with van der Waals surface area (Å²) < 4.78 is 18.6. The third kappa shape index (κ3) is 1.71. The molecule has 1 aliphatic heterocycles. The molecule has 2 aliphatic rings. The zero-order valence-electron chi connectivity index (χ0n) is 10.8. The Morgan fingerprint density at radius 2 is 2.45 bits per heavy atom. The lowest BCUT2D eigenvalue weighted by Gasteiger charge is -2.06. The third-order valence-electron chi connectivity index (χ3n) is 4.41. The van der Waals surface area contributed by atoms with Gasteiger partial charge in [0.25, 0.3) is 0 Å². The number of fused-ring (bicyclic) bond motifs is 1. The van der Waals surface area contributed by atoms with Crippen molar-refractivity contribution in [2.24, 2.45) is 11.3 Å². The number of H-pyrrole nitrogens is 1. The van der Waals surface area contributed by atoms with Gasteiger partial charge in [-0.05, 0) is 31.0 Å². The Morgan fingerprint density at radius 3 is 3.25 bits per heavy atom. The van der Waals surface area contributed by atoms with Crippen LogP contribution in [0.25, 0.3) is 10.9 Å². The number of rotatable bonds is 2. The first-order chi connectivity index (χ1) is 9.68. The van der Waals surface area contributed by atoms with Crippen molar-refractivity contribution in [3.05, 3.63) is 24.0 Å². The van der Waals surface area contributed by atoms with Gasteiger partial charge in [0.1, 0.15) is 5.82 Å². The van der Waals surface area contributed by atoms with Crippen molar-refractivity contribution in [3.8, 4) is 0 Å². The molecule has 0 bridgehead atoms. The van der Waals surface area contributed by atoms with Gasteiger partial charge in [-0.3, -0.25) is 9.89 Å². The number of hydrogen-bond donors (Lipinski definition) is 2. The van der Waals surface area contributed by atoms with Crippen LogP contribution >= 0.6 is 0 Å². The van der Waals surface area contributed by atoms with E-state index >= 15 is 0 Å². The first kappa shape index (κ1) is 11.8. The predicted octanol–water partition coefficient (Wildman–Crippen LogP) is 2.07. The molecule has 20 heavy (non-hydrogen) atoms. The quantitative estimate of drug-likeness (QED) is 0.881. The van der Waals surface area contributed by atoms with Crippen molar-refractivity contribution < 1.29 is 13.9 Å². The molecule has 2 unspecified atom stereocenters. The fraction of sp³-hybridized carbons (Fsp3) is 0.429. The molecule has 2 atom stereocenters. The van der Waals surface area contributed by atoms with E-state index in [4.69, 9.17) is 4.74 Å². The van der Waals surface area contributed by atoms with Gasteiger partial charge in [-0.25, -0.2) is 4.39 Å². The standard InChI is InChI=1S/C14H14FN3O2/c15-8-1-2-11-9(5-8)12(18-17-11)16-13(19)10-6-14(10)3-4-20-7-14/h1-2,5,10H,3-4,6-7H2,(H2,16,17,18,19). The number of amides is 1. The van der Waals surface area contributed by atoms with Gasteiger partial charge in [0.15, 0.2) is 5.82 Å². The van der Waals surface area contributed by atoms with Gasteiger partial charge in [0.05, 0.1) is 12.1 Å². The maximum Gasteiger partial charge on any atom is 0.229 e. The van der Waals surface area contributed by atoms with Crippen LogP contribution in [0.4, 0.5) is 10.2 Å². The number of hydrogen-bond acceptors (Lipinski definition) is 3. The van der Waals surface area contributed by atoms with Gasteiger partial charge in [0, 0.05) is 23.3 Å². The number of nitrogens with one attached hydrogen (secondary N) is 2. The number of aromatic amines is 1. The molecule has 1 aliphatic carbocycles. The molecule has 2 heterocycles. The summed E-state index contributed by atoms with van der Waals surface area (Å²) in [6, 6.07) is 4.34. The molecule has 1 amide bonds. The van der Waals surface area contributed by atoms with E-state index in [1.165, 1.54) is 12.1 Å². The fourth-order valence-electron chi connectivity index (χ4n) is 3.06. The average Bonchev–Trinajstić information content (AvgIpc) is 2.76. The van der Waals surface area contributed by atoms with Crippen LogP contribution in [-0.4, -0.2) is 29.3 Å². The van der Waals surface area contributed by atoms with Crippen LogP contribution in [0.3, 0.4) is 0 Å². The van der Waals surface area contributed by atoms with Gasteiger partial charge >= 0.3 is 0 Å². The molecule has 2 N–H and O–H groups in total. The normalized spacial score (nSPS) is 28.1. The number of carbonyl (C=O) groups is 1. The van der Waals surface area contributed by atoms with Gasteiger partial charge in [-0.2, -0.15) is 5.10 Å². The molecule has 1 spiro atoms. The lowest BCUT2D eigenvalue weighted by atomic mass is 10.0. The summed E-state index contributed by atoms with van der Waals surface area (Å²) in [4.78, 5) is 12.2. The van der Waals surface area contributed by atoms with E-state index in [0.29, 0.717) is 23.3 Å². The topological polar surface area (TPSA) is 67.0 Å². The van der Waals surface area contributed by atoms with Crippen LogP contribution in [-0.2, 0) is 9.53 Å². The highest BCUT2D eigenvalue weighted by Crippen LogP contribution is 2.58. The number of ether oxygens (including phenoxy) is 1. The number of halogens is 1. The maximum absolute atomic E-state index is 13.3. The van der Waals surface area contributed by atoms with E-state index in [2.05, 4.69) is 15.5 Å². The number of nitrogens with zero attached hydrogens (tertiary/aromatic N) is 1.